The summed E-state index contributed by atoms with van der Waals surface area (Å²) < 4.78 is 0. The van der Waals surface area contributed by atoms with Gasteiger partial charge in [-0.3, -0.25) is 4.79 Å². The molecule has 0 aromatic heterocycles. The van der Waals surface area contributed by atoms with Crippen LogP contribution in [-0.4, -0.2) is 35.5 Å². The van der Waals surface area contributed by atoms with Gasteiger partial charge in [0.1, 0.15) is 0 Å². The third kappa shape index (κ3) is 2.71. The van der Waals surface area contributed by atoms with Gasteiger partial charge in [0.05, 0.1) is 6.04 Å². The van der Waals surface area contributed by atoms with Gasteiger partial charge in [0.2, 0.25) is 5.91 Å². The number of carbonyl (C=O) groups excluding carboxylic acids is 1. The second kappa shape index (κ2) is 5.60. The fourth-order valence-electron chi connectivity index (χ4n) is 3.73. The first kappa shape index (κ1) is 13.9. The van der Waals surface area contributed by atoms with Crippen molar-refractivity contribution in [3.63, 3.8) is 0 Å². The SMILES string of the molecule is CNC1CCCC(C)(C)N(C2CCCCC2)C1=O. The molecule has 1 aliphatic carbocycles. The van der Waals surface area contributed by atoms with Gasteiger partial charge in [-0.25, -0.2) is 0 Å². The van der Waals surface area contributed by atoms with E-state index >= 15 is 0 Å². The molecule has 1 atom stereocenters. The number of nitrogens with one attached hydrogen (secondary N) is 1. The summed E-state index contributed by atoms with van der Waals surface area (Å²) in [4.78, 5) is 15.0. The molecule has 3 nitrogen and oxygen atoms in total. The molecule has 3 heteroatoms. The van der Waals surface area contributed by atoms with Gasteiger partial charge in [-0.05, 0) is 53.0 Å². The van der Waals surface area contributed by atoms with Crippen LogP contribution >= 0.6 is 0 Å². The molecule has 0 spiro atoms. The van der Waals surface area contributed by atoms with Crippen molar-refractivity contribution in [2.45, 2.75) is 82.8 Å². The zero-order valence-electron chi connectivity index (χ0n) is 12.2. The van der Waals surface area contributed by atoms with Crippen LogP contribution in [0.4, 0.5) is 0 Å². The molecule has 1 aliphatic heterocycles. The van der Waals surface area contributed by atoms with Gasteiger partial charge in [-0.2, -0.15) is 0 Å². The molecule has 1 heterocycles. The summed E-state index contributed by atoms with van der Waals surface area (Å²) in [5, 5.41) is 3.21. The zero-order chi connectivity index (χ0) is 13.2. The third-order valence-electron chi connectivity index (χ3n) is 4.76. The minimum Gasteiger partial charge on any atom is -0.333 e. The van der Waals surface area contributed by atoms with Crippen LogP contribution in [0.2, 0.25) is 0 Å². The highest BCUT2D eigenvalue weighted by Gasteiger charge is 2.41. The molecule has 1 amide bonds. The Morgan fingerprint density at radius 2 is 1.78 bits per heavy atom. The van der Waals surface area contributed by atoms with E-state index in [1.807, 2.05) is 7.05 Å². The molecule has 18 heavy (non-hydrogen) atoms. The van der Waals surface area contributed by atoms with Crippen molar-refractivity contribution in [2.75, 3.05) is 7.05 Å². The highest BCUT2D eigenvalue weighted by atomic mass is 16.2. The van der Waals surface area contributed by atoms with Crippen molar-refractivity contribution in [2.24, 2.45) is 0 Å². The molecule has 1 saturated heterocycles. The van der Waals surface area contributed by atoms with Crippen molar-refractivity contribution >= 4 is 5.91 Å². The van der Waals surface area contributed by atoms with Crippen LogP contribution < -0.4 is 5.32 Å². The Bertz CT molecular complexity index is 295. The number of likely N-dealkylation sites (tertiary alicyclic amines) is 1. The molecule has 1 unspecified atom stereocenters. The van der Waals surface area contributed by atoms with Gasteiger partial charge >= 0.3 is 0 Å². The number of rotatable bonds is 2. The molecule has 104 valence electrons. The molecule has 0 aromatic carbocycles. The second-order valence-electron chi connectivity index (χ2n) is 6.55. The van der Waals surface area contributed by atoms with E-state index in [-0.39, 0.29) is 11.6 Å². The quantitative estimate of drug-likeness (QED) is 0.819. The van der Waals surface area contributed by atoms with Crippen LogP contribution in [-0.2, 0) is 4.79 Å². The Morgan fingerprint density at radius 3 is 2.39 bits per heavy atom. The molecule has 2 aliphatic rings. The fourth-order valence-corrected chi connectivity index (χ4v) is 3.73. The average Bonchev–Trinajstić information content (AvgIpc) is 2.46. The summed E-state index contributed by atoms with van der Waals surface area (Å²) in [6, 6.07) is 0.518. The summed E-state index contributed by atoms with van der Waals surface area (Å²) >= 11 is 0. The lowest BCUT2D eigenvalue weighted by Gasteiger charge is -2.45. The molecular weight excluding hydrogens is 224 g/mol. The first-order valence-corrected chi connectivity index (χ1v) is 7.57. The van der Waals surface area contributed by atoms with E-state index in [2.05, 4.69) is 24.1 Å². The molecule has 1 saturated carbocycles. The minimum atomic E-state index is 0.0324. The summed E-state index contributed by atoms with van der Waals surface area (Å²) in [5.74, 6) is 0.340. The number of carbonyl (C=O) groups is 1. The smallest absolute Gasteiger partial charge is 0.240 e. The van der Waals surface area contributed by atoms with Crippen LogP contribution in [0.1, 0.15) is 65.2 Å². The lowest BCUT2D eigenvalue weighted by atomic mass is 9.88. The van der Waals surface area contributed by atoms with Crippen LogP contribution in [0.15, 0.2) is 0 Å². The van der Waals surface area contributed by atoms with E-state index in [9.17, 15) is 4.79 Å². The Morgan fingerprint density at radius 1 is 1.11 bits per heavy atom. The average molecular weight is 252 g/mol. The Kier molecular flexibility index (Phi) is 4.31. The van der Waals surface area contributed by atoms with Crippen LogP contribution in [0.25, 0.3) is 0 Å². The predicted molar refractivity (Wildman–Crippen MR) is 74.5 cm³/mol. The van der Waals surface area contributed by atoms with Gasteiger partial charge in [0, 0.05) is 11.6 Å². The third-order valence-corrected chi connectivity index (χ3v) is 4.76. The summed E-state index contributed by atoms with van der Waals surface area (Å²) in [7, 11) is 1.92. The summed E-state index contributed by atoms with van der Waals surface area (Å²) in [5.41, 5.74) is 0.0324. The molecule has 0 radical (unpaired) electrons. The van der Waals surface area contributed by atoms with E-state index in [4.69, 9.17) is 0 Å². The largest absolute Gasteiger partial charge is 0.333 e. The molecule has 0 bridgehead atoms. The first-order valence-electron chi connectivity index (χ1n) is 7.57. The predicted octanol–water partition coefficient (Wildman–Crippen LogP) is 2.70. The Hall–Kier alpha value is -0.570. The number of hydrogen-bond acceptors (Lipinski definition) is 2. The second-order valence-corrected chi connectivity index (χ2v) is 6.55. The normalized spacial score (nSPS) is 30.3. The number of amides is 1. The Balaban J connectivity index is 2.21. The monoisotopic (exact) mass is 252 g/mol. The van der Waals surface area contributed by atoms with Crippen molar-refractivity contribution in [1.29, 1.82) is 0 Å². The van der Waals surface area contributed by atoms with Gasteiger partial charge in [0.25, 0.3) is 0 Å². The maximum Gasteiger partial charge on any atom is 0.240 e. The highest BCUT2D eigenvalue weighted by molar-refractivity contribution is 5.83. The van der Waals surface area contributed by atoms with E-state index < -0.39 is 0 Å². The van der Waals surface area contributed by atoms with E-state index in [0.717, 1.165) is 19.3 Å². The maximum absolute atomic E-state index is 12.8. The van der Waals surface area contributed by atoms with Gasteiger partial charge in [-0.15, -0.1) is 0 Å². The molecule has 2 rings (SSSR count). The highest BCUT2D eigenvalue weighted by Crippen LogP contribution is 2.34. The topological polar surface area (TPSA) is 32.3 Å². The fraction of sp³-hybridized carbons (Fsp3) is 0.933. The van der Waals surface area contributed by atoms with Crippen LogP contribution in [0, 0.1) is 0 Å². The number of likely N-dealkylation sites (N-methyl/N-ethyl adjacent to an activating group) is 1. The van der Waals surface area contributed by atoms with Gasteiger partial charge in [-0.1, -0.05) is 19.3 Å². The number of nitrogens with zero attached hydrogens (tertiary/aromatic N) is 1. The van der Waals surface area contributed by atoms with Crippen molar-refractivity contribution in [3.8, 4) is 0 Å². The molecule has 0 aromatic rings. The summed E-state index contributed by atoms with van der Waals surface area (Å²) in [6.07, 6.45) is 9.58. The van der Waals surface area contributed by atoms with Crippen molar-refractivity contribution in [1.82, 2.24) is 10.2 Å². The lowest BCUT2D eigenvalue weighted by molar-refractivity contribution is -0.142. The van der Waals surface area contributed by atoms with E-state index in [0.29, 0.717) is 11.9 Å². The van der Waals surface area contributed by atoms with E-state index in [1.165, 1.54) is 32.1 Å². The van der Waals surface area contributed by atoms with Crippen LogP contribution in [0.5, 0.6) is 0 Å². The molecule has 2 fully saturated rings. The Labute approximate surface area is 111 Å². The van der Waals surface area contributed by atoms with Crippen LogP contribution in [0.3, 0.4) is 0 Å². The van der Waals surface area contributed by atoms with Gasteiger partial charge < -0.3 is 10.2 Å². The summed E-state index contributed by atoms with van der Waals surface area (Å²) in [6.45, 7) is 4.50. The van der Waals surface area contributed by atoms with Gasteiger partial charge in [0.15, 0.2) is 0 Å². The maximum atomic E-state index is 12.8. The first-order chi connectivity index (χ1) is 8.56. The number of hydrogen-bond donors (Lipinski definition) is 1. The van der Waals surface area contributed by atoms with E-state index in [1.54, 1.807) is 0 Å². The van der Waals surface area contributed by atoms with Crippen molar-refractivity contribution in [3.05, 3.63) is 0 Å². The zero-order valence-corrected chi connectivity index (χ0v) is 12.2. The molecule has 1 N–H and O–H groups in total. The minimum absolute atomic E-state index is 0.0324. The molecular formula is C15H28N2O. The van der Waals surface area contributed by atoms with Crippen molar-refractivity contribution < 1.29 is 4.79 Å². The lowest BCUT2D eigenvalue weighted by Crippen LogP contribution is -2.57. The standard InChI is InChI=1S/C15H28N2O/c1-15(2)11-7-10-13(16-3)14(18)17(15)12-8-5-4-6-9-12/h12-13,16H,4-11H2,1-3H3.